The van der Waals surface area contributed by atoms with Gasteiger partial charge in [-0.1, -0.05) is 37.1 Å². The maximum atomic E-state index is 6.00. The van der Waals surface area contributed by atoms with Crippen molar-refractivity contribution < 1.29 is 4.74 Å². The minimum absolute atomic E-state index is 0.000875. The molecule has 5 nitrogen and oxygen atoms in total. The second kappa shape index (κ2) is 9.55. The number of nitrogens with zero attached hydrogens (tertiary/aromatic N) is 3. The highest BCUT2D eigenvalue weighted by Gasteiger charge is 2.41. The van der Waals surface area contributed by atoms with Gasteiger partial charge in [0.2, 0.25) is 0 Å². The lowest BCUT2D eigenvalue weighted by Crippen LogP contribution is -2.29. The Morgan fingerprint density at radius 3 is 2.34 bits per heavy atom. The van der Waals surface area contributed by atoms with E-state index in [1.165, 1.54) is 31.2 Å². The number of para-hydroxylation sites is 1. The Balaban J connectivity index is 1.33. The van der Waals surface area contributed by atoms with Crippen LogP contribution in [0.1, 0.15) is 55.1 Å². The molecule has 6 heteroatoms. The van der Waals surface area contributed by atoms with E-state index in [2.05, 4.69) is 56.4 Å². The van der Waals surface area contributed by atoms with Crippen molar-refractivity contribution >= 4 is 23.0 Å². The van der Waals surface area contributed by atoms with E-state index < -0.39 is 0 Å². The molecule has 1 aliphatic carbocycles. The average Bonchev–Trinajstić information content (AvgIpc) is 3.66. The number of benzene rings is 2. The molecule has 0 bridgehead atoms. The van der Waals surface area contributed by atoms with Crippen LogP contribution in [0.15, 0.2) is 97.5 Å². The average molecular weight is 481 g/mol. The monoisotopic (exact) mass is 480 g/mol. The Bertz CT molecular complexity index is 1280. The van der Waals surface area contributed by atoms with E-state index in [0.29, 0.717) is 11.2 Å². The summed E-state index contributed by atoms with van der Waals surface area (Å²) in [7, 11) is 0. The summed E-state index contributed by atoms with van der Waals surface area (Å²) in [6.45, 7) is 0. The minimum Gasteiger partial charge on any atom is -0.457 e. The van der Waals surface area contributed by atoms with Crippen LogP contribution in [0.4, 0.5) is 5.69 Å². The number of hydrogen-bond acceptors (Lipinski definition) is 3. The van der Waals surface area contributed by atoms with Gasteiger partial charge in [-0.05, 0) is 85.2 Å². The van der Waals surface area contributed by atoms with Crippen molar-refractivity contribution in [1.82, 2.24) is 14.9 Å². The lowest BCUT2D eigenvalue weighted by atomic mass is 9.98. The number of rotatable bonds is 6. The van der Waals surface area contributed by atoms with E-state index in [4.69, 9.17) is 17.0 Å². The molecule has 1 aliphatic heterocycles. The van der Waals surface area contributed by atoms with Gasteiger partial charge in [0, 0.05) is 30.3 Å². The Morgan fingerprint density at radius 2 is 1.60 bits per heavy atom. The maximum absolute atomic E-state index is 6.00. The smallest absolute Gasteiger partial charge is 0.174 e. The summed E-state index contributed by atoms with van der Waals surface area (Å²) in [4.78, 5) is 6.89. The highest BCUT2D eigenvalue weighted by Crippen LogP contribution is 2.43. The van der Waals surface area contributed by atoms with E-state index >= 15 is 0 Å². The van der Waals surface area contributed by atoms with Gasteiger partial charge in [-0.2, -0.15) is 0 Å². The van der Waals surface area contributed by atoms with Crippen LogP contribution in [0.25, 0.3) is 0 Å². The number of nitrogens with one attached hydrogen (secondary N) is 1. The summed E-state index contributed by atoms with van der Waals surface area (Å²) in [5.41, 5.74) is 3.25. The van der Waals surface area contributed by atoms with Gasteiger partial charge in [0.25, 0.3) is 0 Å². The highest BCUT2D eigenvalue weighted by molar-refractivity contribution is 7.80. The molecule has 1 saturated heterocycles. The van der Waals surface area contributed by atoms with Crippen molar-refractivity contribution in [3.8, 4) is 11.5 Å². The molecule has 1 saturated carbocycles. The molecule has 0 amide bonds. The van der Waals surface area contributed by atoms with Gasteiger partial charge in [0.15, 0.2) is 5.11 Å². The zero-order chi connectivity index (χ0) is 23.6. The molecular formula is C29H28N4OS. The Kier molecular flexibility index (Phi) is 5.96. The summed E-state index contributed by atoms with van der Waals surface area (Å²) in [6, 6.07) is 26.8. The molecule has 3 heterocycles. The molecule has 35 heavy (non-hydrogen) atoms. The van der Waals surface area contributed by atoms with E-state index in [9.17, 15) is 0 Å². The number of ether oxygens (including phenoxy) is 1. The van der Waals surface area contributed by atoms with Crippen molar-refractivity contribution in [3.63, 3.8) is 0 Å². The van der Waals surface area contributed by atoms with Crippen molar-refractivity contribution in [2.45, 2.75) is 43.8 Å². The molecule has 4 aromatic rings. The molecule has 0 radical (unpaired) electrons. The lowest BCUT2D eigenvalue weighted by molar-refractivity contribution is 0.482. The van der Waals surface area contributed by atoms with Gasteiger partial charge in [0.05, 0.1) is 17.8 Å². The molecule has 6 rings (SSSR count). The van der Waals surface area contributed by atoms with Gasteiger partial charge in [-0.3, -0.25) is 4.98 Å². The molecule has 1 N–H and O–H groups in total. The summed E-state index contributed by atoms with van der Waals surface area (Å²) < 4.78 is 8.40. The molecule has 0 spiro atoms. The molecule has 0 unspecified atom stereocenters. The number of hydrogen-bond donors (Lipinski definition) is 1. The van der Waals surface area contributed by atoms with Crippen LogP contribution in [0.5, 0.6) is 11.5 Å². The Hall–Kier alpha value is -3.64. The van der Waals surface area contributed by atoms with Crippen LogP contribution in [0, 0.1) is 0 Å². The molecule has 2 aromatic heterocycles. The van der Waals surface area contributed by atoms with E-state index in [0.717, 1.165) is 22.9 Å². The van der Waals surface area contributed by atoms with Crippen LogP contribution >= 0.6 is 12.2 Å². The summed E-state index contributed by atoms with van der Waals surface area (Å²) in [6.07, 6.45) is 11.5. The van der Waals surface area contributed by atoms with E-state index in [1.807, 2.05) is 60.8 Å². The second-order valence-corrected chi connectivity index (χ2v) is 9.62. The zero-order valence-corrected chi connectivity index (χ0v) is 20.3. The zero-order valence-electron chi connectivity index (χ0n) is 19.5. The van der Waals surface area contributed by atoms with Crippen LogP contribution in [-0.4, -0.2) is 14.7 Å². The Labute approximate surface area is 211 Å². The summed E-state index contributed by atoms with van der Waals surface area (Å²) in [5.74, 6) is 1.61. The number of anilines is 1. The Morgan fingerprint density at radius 1 is 0.857 bits per heavy atom. The van der Waals surface area contributed by atoms with Gasteiger partial charge in [0.1, 0.15) is 11.5 Å². The fraction of sp³-hybridized carbons (Fsp3) is 0.241. The molecule has 2 aromatic carbocycles. The quantitative estimate of drug-likeness (QED) is 0.302. The second-order valence-electron chi connectivity index (χ2n) is 9.24. The third kappa shape index (κ3) is 4.42. The fourth-order valence-corrected chi connectivity index (χ4v) is 5.65. The third-order valence-electron chi connectivity index (χ3n) is 7.02. The van der Waals surface area contributed by atoms with Gasteiger partial charge < -0.3 is 19.5 Å². The topological polar surface area (TPSA) is 42.3 Å². The number of aromatic nitrogens is 2. The first-order valence-electron chi connectivity index (χ1n) is 12.3. The van der Waals surface area contributed by atoms with Crippen LogP contribution in [0.3, 0.4) is 0 Å². The molecular weight excluding hydrogens is 452 g/mol. The molecule has 176 valence electrons. The first-order valence-corrected chi connectivity index (χ1v) is 12.7. The predicted molar refractivity (Wildman–Crippen MR) is 143 cm³/mol. The number of thiocarbonyl (C=S) groups is 1. The maximum Gasteiger partial charge on any atom is 0.174 e. The molecule has 2 atom stereocenters. The van der Waals surface area contributed by atoms with Crippen molar-refractivity contribution in [2.75, 3.05) is 4.90 Å². The van der Waals surface area contributed by atoms with E-state index in [1.54, 1.807) is 0 Å². The molecule has 2 aliphatic rings. The van der Waals surface area contributed by atoms with Crippen LogP contribution in [-0.2, 0) is 0 Å². The largest absolute Gasteiger partial charge is 0.457 e. The highest BCUT2D eigenvalue weighted by atomic mass is 32.1. The van der Waals surface area contributed by atoms with Crippen molar-refractivity contribution in [3.05, 3.63) is 109 Å². The number of pyridine rings is 1. The van der Waals surface area contributed by atoms with Gasteiger partial charge in [-0.25, -0.2) is 0 Å². The SMILES string of the molecule is S=C1N[C@H](c2ccccn2)[C@H](c2ccn(C3CCCC3)c2)N1c1ccc(Oc2ccccc2)cc1. The van der Waals surface area contributed by atoms with Crippen molar-refractivity contribution in [2.24, 2.45) is 0 Å². The standard InChI is InChI=1S/C29H28N4OS/c35-29-31-27(26-12-6-7-18-30-26)28(21-17-19-32(20-21)22-8-4-5-9-22)33(29)23-13-15-25(16-14-23)34-24-10-2-1-3-11-24/h1-3,6-7,10-20,22,27-28H,4-5,8-9H2,(H,31,35)/t27-,28+/m1/s1. The first kappa shape index (κ1) is 21.9. The fourth-order valence-electron chi connectivity index (χ4n) is 5.31. The van der Waals surface area contributed by atoms with Gasteiger partial charge >= 0.3 is 0 Å². The summed E-state index contributed by atoms with van der Waals surface area (Å²) in [5, 5.41) is 4.26. The van der Waals surface area contributed by atoms with Crippen LogP contribution < -0.4 is 15.0 Å². The van der Waals surface area contributed by atoms with Crippen molar-refractivity contribution in [1.29, 1.82) is 0 Å². The predicted octanol–water partition coefficient (Wildman–Crippen LogP) is 6.97. The first-order chi connectivity index (χ1) is 17.3. The summed E-state index contributed by atoms with van der Waals surface area (Å²) >= 11 is 5.88. The van der Waals surface area contributed by atoms with E-state index in [-0.39, 0.29) is 12.1 Å². The van der Waals surface area contributed by atoms with Crippen LogP contribution in [0.2, 0.25) is 0 Å². The lowest BCUT2D eigenvalue weighted by Gasteiger charge is -2.27. The normalized spacial score (nSPS) is 20.2. The third-order valence-corrected chi connectivity index (χ3v) is 7.33. The minimum atomic E-state index is -0.0385. The molecule has 2 fully saturated rings. The van der Waals surface area contributed by atoms with Gasteiger partial charge in [-0.15, -0.1) is 0 Å².